The van der Waals surface area contributed by atoms with Crippen LogP contribution >= 0.6 is 0 Å². The number of aliphatic hydroxyl groups is 1. The number of hydrogen-bond donors (Lipinski definition) is 1. The quantitative estimate of drug-likeness (QED) is 0.548. The molecule has 174 valence electrons. The molecule has 32 heavy (non-hydrogen) atoms. The van der Waals surface area contributed by atoms with E-state index < -0.39 is 5.72 Å². The zero-order valence-corrected chi connectivity index (χ0v) is 19.8. The highest BCUT2D eigenvalue weighted by atomic mass is 16.5. The number of carbonyl (C=O) groups excluding carboxylic acids is 1. The number of ether oxygens (including phenoxy) is 2. The van der Waals surface area contributed by atoms with E-state index in [1.54, 1.807) is 0 Å². The molecule has 1 N–H and O–H groups in total. The van der Waals surface area contributed by atoms with Crippen LogP contribution in [-0.2, 0) is 26.4 Å². The summed E-state index contributed by atoms with van der Waals surface area (Å²) in [4.78, 5) is 13.9. The molecule has 0 aliphatic carbocycles. The van der Waals surface area contributed by atoms with E-state index in [1.807, 2.05) is 19.2 Å². The molecule has 2 aliphatic heterocycles. The molecule has 0 saturated heterocycles. The number of fused-ring (bicyclic) bond motifs is 4. The van der Waals surface area contributed by atoms with Gasteiger partial charge >= 0.3 is 5.97 Å². The van der Waals surface area contributed by atoms with Gasteiger partial charge in [-0.3, -0.25) is 0 Å². The Balaban J connectivity index is 1.90. The smallest absolute Gasteiger partial charge is 0.331 e. The molecule has 0 spiro atoms. The summed E-state index contributed by atoms with van der Waals surface area (Å²) in [5.74, 6) is -0.337. The number of nitrogens with zero attached hydrogens (tertiary/aromatic N) is 2. The van der Waals surface area contributed by atoms with Crippen LogP contribution in [-0.4, -0.2) is 47.3 Å². The molecule has 0 amide bonds. The third kappa shape index (κ3) is 3.84. The molecule has 0 saturated carbocycles. The molecule has 1 aromatic heterocycles. The van der Waals surface area contributed by atoms with E-state index in [0.29, 0.717) is 13.0 Å². The summed E-state index contributed by atoms with van der Waals surface area (Å²) in [6.45, 7) is 8.52. The monoisotopic (exact) mass is 440 g/mol. The van der Waals surface area contributed by atoms with E-state index in [-0.39, 0.29) is 17.5 Å². The van der Waals surface area contributed by atoms with Crippen molar-refractivity contribution >= 4 is 16.9 Å². The number of rotatable bonds is 5. The van der Waals surface area contributed by atoms with Gasteiger partial charge in [-0.15, -0.1) is 0 Å². The summed E-state index contributed by atoms with van der Waals surface area (Å²) in [7, 11) is 1.40. The fraction of sp³-hybridized carbons (Fsp3) is 0.577. The number of carbonyl (C=O) groups is 1. The minimum absolute atomic E-state index is 0.0442. The van der Waals surface area contributed by atoms with Gasteiger partial charge in [-0.25, -0.2) is 4.79 Å². The van der Waals surface area contributed by atoms with E-state index in [4.69, 9.17) is 9.47 Å². The van der Waals surface area contributed by atoms with Crippen LogP contribution in [0.3, 0.4) is 0 Å². The number of benzene rings is 1. The Morgan fingerprint density at radius 3 is 2.78 bits per heavy atom. The molecule has 3 atom stereocenters. The Bertz CT molecular complexity index is 1010. The van der Waals surface area contributed by atoms with Crippen LogP contribution in [0.2, 0.25) is 0 Å². The van der Waals surface area contributed by atoms with Gasteiger partial charge in [0.15, 0.2) is 0 Å². The maximum Gasteiger partial charge on any atom is 0.331 e. The van der Waals surface area contributed by atoms with Crippen molar-refractivity contribution in [2.24, 2.45) is 5.41 Å². The van der Waals surface area contributed by atoms with E-state index in [9.17, 15) is 9.90 Å². The number of esters is 1. The molecular weight excluding hydrogens is 404 g/mol. The summed E-state index contributed by atoms with van der Waals surface area (Å²) < 4.78 is 13.4. The SMILES string of the molecule is CCOC1c2c3c4ccccc4n2C(C)(O)CC1(CC)CCCN(/C=C/C(=O)OC)CC3. The average molecular weight is 441 g/mol. The Hall–Kier alpha value is -2.31. The van der Waals surface area contributed by atoms with Crippen molar-refractivity contribution in [2.75, 3.05) is 26.8 Å². The van der Waals surface area contributed by atoms with Crippen LogP contribution in [0.25, 0.3) is 10.9 Å². The van der Waals surface area contributed by atoms with Gasteiger partial charge in [0, 0.05) is 49.2 Å². The lowest BCUT2D eigenvalue weighted by atomic mass is 9.66. The molecule has 2 bridgehead atoms. The molecule has 3 unspecified atom stereocenters. The van der Waals surface area contributed by atoms with Gasteiger partial charge in [0.2, 0.25) is 0 Å². The van der Waals surface area contributed by atoms with Crippen molar-refractivity contribution in [1.29, 1.82) is 0 Å². The second kappa shape index (κ2) is 8.91. The fourth-order valence-electron chi connectivity index (χ4n) is 6.03. The fourth-order valence-corrected chi connectivity index (χ4v) is 6.03. The second-order valence-corrected chi connectivity index (χ2v) is 9.39. The first-order chi connectivity index (χ1) is 15.4. The Morgan fingerprint density at radius 2 is 2.06 bits per heavy atom. The first kappa shape index (κ1) is 22.9. The van der Waals surface area contributed by atoms with Gasteiger partial charge in [-0.2, -0.15) is 0 Å². The lowest BCUT2D eigenvalue weighted by Crippen LogP contribution is -2.48. The Morgan fingerprint density at radius 1 is 1.28 bits per heavy atom. The van der Waals surface area contributed by atoms with Gasteiger partial charge in [0.1, 0.15) is 11.8 Å². The molecule has 0 radical (unpaired) electrons. The van der Waals surface area contributed by atoms with Crippen LogP contribution in [0.15, 0.2) is 36.5 Å². The molecular formula is C26H36N2O4. The van der Waals surface area contributed by atoms with Crippen molar-refractivity contribution < 1.29 is 19.4 Å². The minimum Gasteiger partial charge on any atom is -0.466 e. The van der Waals surface area contributed by atoms with Crippen molar-refractivity contribution in [1.82, 2.24) is 9.47 Å². The first-order valence-electron chi connectivity index (χ1n) is 11.8. The van der Waals surface area contributed by atoms with Crippen LogP contribution in [0.5, 0.6) is 0 Å². The van der Waals surface area contributed by atoms with E-state index in [0.717, 1.165) is 50.0 Å². The standard InChI is InChI=1S/C26H36N2O4/c1-5-26-14-9-15-27(17-13-22(29)31-4)16-12-20-19-10-7-8-11-21(19)28(25(3,30)18-26)23(20)24(26)32-6-2/h7-8,10-11,13,17,24,30H,5-6,9,12,14-16,18H2,1-4H3/b17-13+. The maximum absolute atomic E-state index is 11.8. The largest absolute Gasteiger partial charge is 0.466 e. The lowest BCUT2D eigenvalue weighted by Gasteiger charge is -2.51. The third-order valence-electron chi connectivity index (χ3n) is 7.42. The highest BCUT2D eigenvalue weighted by Crippen LogP contribution is 2.57. The van der Waals surface area contributed by atoms with Crippen molar-refractivity contribution in [3.63, 3.8) is 0 Å². The molecule has 3 heterocycles. The first-order valence-corrected chi connectivity index (χ1v) is 11.8. The average Bonchev–Trinajstić information content (AvgIpc) is 3.12. The predicted octanol–water partition coefficient (Wildman–Crippen LogP) is 4.51. The predicted molar refractivity (Wildman–Crippen MR) is 125 cm³/mol. The van der Waals surface area contributed by atoms with E-state index in [2.05, 4.69) is 41.5 Å². The summed E-state index contributed by atoms with van der Waals surface area (Å²) >= 11 is 0. The van der Waals surface area contributed by atoms with Crippen molar-refractivity contribution in [3.8, 4) is 0 Å². The van der Waals surface area contributed by atoms with Crippen LogP contribution in [0, 0.1) is 5.41 Å². The Kier molecular flexibility index (Phi) is 6.37. The number of hydrogen-bond acceptors (Lipinski definition) is 5. The zero-order valence-electron chi connectivity index (χ0n) is 19.8. The Labute approximate surface area is 190 Å². The molecule has 0 fully saturated rings. The summed E-state index contributed by atoms with van der Waals surface area (Å²) in [5.41, 5.74) is 2.32. The van der Waals surface area contributed by atoms with Gasteiger partial charge in [0.05, 0.1) is 18.3 Å². The normalized spacial score (nSPS) is 28.3. The molecule has 1 aromatic carbocycles. The van der Waals surface area contributed by atoms with E-state index >= 15 is 0 Å². The molecule has 2 aromatic rings. The number of para-hydroxylation sites is 1. The van der Waals surface area contributed by atoms with Gasteiger partial charge in [0.25, 0.3) is 0 Å². The number of methoxy groups -OCH3 is 1. The summed E-state index contributed by atoms with van der Waals surface area (Å²) in [6, 6.07) is 8.36. The maximum atomic E-state index is 11.8. The van der Waals surface area contributed by atoms with Crippen molar-refractivity contribution in [2.45, 2.75) is 64.7 Å². The van der Waals surface area contributed by atoms with E-state index in [1.165, 1.54) is 24.1 Å². The molecule has 4 rings (SSSR count). The highest BCUT2D eigenvalue weighted by molar-refractivity contribution is 5.86. The topological polar surface area (TPSA) is 63.9 Å². The molecule has 2 aliphatic rings. The number of aromatic nitrogens is 1. The lowest BCUT2D eigenvalue weighted by molar-refractivity contribution is -0.152. The zero-order chi connectivity index (χ0) is 22.9. The highest BCUT2D eigenvalue weighted by Gasteiger charge is 2.52. The van der Waals surface area contributed by atoms with Gasteiger partial charge in [-0.05, 0) is 51.2 Å². The van der Waals surface area contributed by atoms with Crippen LogP contribution in [0.1, 0.15) is 63.8 Å². The molecule has 6 nitrogen and oxygen atoms in total. The second-order valence-electron chi connectivity index (χ2n) is 9.39. The summed E-state index contributed by atoms with van der Waals surface area (Å²) in [5, 5.41) is 12.9. The molecule has 6 heteroatoms. The van der Waals surface area contributed by atoms with Gasteiger partial charge < -0.3 is 24.0 Å². The van der Waals surface area contributed by atoms with Crippen LogP contribution < -0.4 is 0 Å². The van der Waals surface area contributed by atoms with Gasteiger partial charge in [-0.1, -0.05) is 25.1 Å². The van der Waals surface area contributed by atoms with Crippen molar-refractivity contribution in [3.05, 3.63) is 47.8 Å². The van der Waals surface area contributed by atoms with Crippen LogP contribution in [0.4, 0.5) is 0 Å². The summed E-state index contributed by atoms with van der Waals surface area (Å²) in [6.07, 6.45) is 7.65. The minimum atomic E-state index is -0.972. The third-order valence-corrected chi connectivity index (χ3v) is 7.42.